The summed E-state index contributed by atoms with van der Waals surface area (Å²) in [6.45, 7) is 2.27. The van der Waals surface area contributed by atoms with Crippen LogP contribution in [-0.2, 0) is 10.0 Å². The van der Waals surface area contributed by atoms with Crippen LogP contribution in [0.15, 0.2) is 53.4 Å². The first kappa shape index (κ1) is 16.8. The molecule has 0 spiro atoms. The van der Waals surface area contributed by atoms with E-state index in [-0.39, 0.29) is 4.90 Å². The Morgan fingerprint density at radius 2 is 1.87 bits per heavy atom. The Morgan fingerprint density at radius 3 is 2.52 bits per heavy atom. The summed E-state index contributed by atoms with van der Waals surface area (Å²) in [5.74, 6) is 0.523. The fourth-order valence-corrected chi connectivity index (χ4v) is 3.39. The van der Waals surface area contributed by atoms with Crippen molar-refractivity contribution in [1.29, 1.82) is 0 Å². The molecular weight excluding hydrogens is 320 g/mol. The van der Waals surface area contributed by atoms with E-state index in [0.717, 1.165) is 10.4 Å². The lowest BCUT2D eigenvalue weighted by atomic mass is 10.3. The molecule has 7 nitrogen and oxygen atoms in total. The zero-order valence-corrected chi connectivity index (χ0v) is 13.5. The van der Waals surface area contributed by atoms with Gasteiger partial charge >= 0.3 is 0 Å². The second-order valence-corrected chi connectivity index (χ2v) is 6.57. The lowest BCUT2D eigenvalue weighted by molar-refractivity contribution is -0.387. The van der Waals surface area contributed by atoms with E-state index in [1.807, 2.05) is 6.92 Å². The number of anilines is 1. The van der Waals surface area contributed by atoms with Crippen LogP contribution < -0.4 is 9.04 Å². The van der Waals surface area contributed by atoms with E-state index in [1.165, 1.54) is 25.2 Å². The van der Waals surface area contributed by atoms with Gasteiger partial charge in [0, 0.05) is 19.2 Å². The average Bonchev–Trinajstić information content (AvgIpc) is 2.54. The molecule has 0 radical (unpaired) electrons. The van der Waals surface area contributed by atoms with E-state index in [0.29, 0.717) is 18.0 Å². The topological polar surface area (TPSA) is 89.8 Å². The maximum atomic E-state index is 12.7. The summed E-state index contributed by atoms with van der Waals surface area (Å²) in [6.07, 6.45) is 0. The van der Waals surface area contributed by atoms with Crippen molar-refractivity contribution in [1.82, 2.24) is 0 Å². The fourth-order valence-electron chi connectivity index (χ4n) is 2.05. The molecule has 0 saturated carbocycles. The Balaban J connectivity index is 2.48. The minimum atomic E-state index is -4.06. The monoisotopic (exact) mass is 336 g/mol. The first-order chi connectivity index (χ1) is 10.9. The summed E-state index contributed by atoms with van der Waals surface area (Å²) in [4.78, 5) is 10.0. The van der Waals surface area contributed by atoms with Crippen LogP contribution in [0.3, 0.4) is 0 Å². The summed E-state index contributed by atoms with van der Waals surface area (Å²) in [5.41, 5.74) is -0.102. The fraction of sp³-hybridized carbons (Fsp3) is 0.200. The highest BCUT2D eigenvalue weighted by molar-refractivity contribution is 7.93. The molecule has 0 amide bonds. The van der Waals surface area contributed by atoms with Crippen molar-refractivity contribution in [2.75, 3.05) is 18.0 Å². The molecule has 2 aromatic rings. The van der Waals surface area contributed by atoms with Gasteiger partial charge in [0.1, 0.15) is 5.75 Å². The first-order valence-corrected chi connectivity index (χ1v) is 8.27. The third kappa shape index (κ3) is 3.42. The van der Waals surface area contributed by atoms with Crippen molar-refractivity contribution in [3.05, 3.63) is 58.6 Å². The van der Waals surface area contributed by atoms with Gasteiger partial charge in [-0.2, -0.15) is 0 Å². The second kappa shape index (κ2) is 6.66. The molecule has 0 unspecified atom stereocenters. The Kier molecular flexibility index (Phi) is 4.85. The Labute approximate surface area is 134 Å². The summed E-state index contributed by atoms with van der Waals surface area (Å²) < 4.78 is 31.8. The molecular formula is C15H16N2O5S. The smallest absolute Gasteiger partial charge is 0.289 e. The van der Waals surface area contributed by atoms with Gasteiger partial charge in [0.05, 0.1) is 17.2 Å². The molecule has 0 saturated heterocycles. The molecule has 0 aromatic heterocycles. The number of nitro groups is 1. The highest BCUT2D eigenvalue weighted by Gasteiger charge is 2.29. The number of sulfonamides is 1. The van der Waals surface area contributed by atoms with Gasteiger partial charge in [-0.3, -0.25) is 14.4 Å². The zero-order chi connectivity index (χ0) is 17.0. The molecule has 0 aliphatic rings. The second-order valence-electron chi connectivity index (χ2n) is 4.63. The molecule has 0 fully saturated rings. The van der Waals surface area contributed by atoms with Crippen molar-refractivity contribution >= 4 is 21.4 Å². The van der Waals surface area contributed by atoms with E-state index >= 15 is 0 Å². The minimum absolute atomic E-state index is 0.352. The van der Waals surface area contributed by atoms with Gasteiger partial charge in [0.25, 0.3) is 15.7 Å². The lowest BCUT2D eigenvalue weighted by Crippen LogP contribution is -2.27. The third-order valence-electron chi connectivity index (χ3n) is 3.19. The molecule has 0 atom stereocenters. The van der Waals surface area contributed by atoms with Gasteiger partial charge < -0.3 is 4.74 Å². The van der Waals surface area contributed by atoms with Crippen LogP contribution in [0.5, 0.6) is 5.75 Å². The largest absolute Gasteiger partial charge is 0.494 e. The number of hydrogen-bond acceptors (Lipinski definition) is 5. The van der Waals surface area contributed by atoms with E-state index in [1.54, 1.807) is 24.3 Å². The predicted octanol–water partition coefficient (Wildman–Crippen LogP) is 2.82. The molecule has 2 rings (SSSR count). The Hall–Kier alpha value is -2.61. The number of rotatable bonds is 6. The lowest BCUT2D eigenvalue weighted by Gasteiger charge is -2.20. The highest BCUT2D eigenvalue weighted by atomic mass is 32.2. The molecule has 0 aliphatic heterocycles. The van der Waals surface area contributed by atoms with Gasteiger partial charge in [-0.25, -0.2) is 8.42 Å². The van der Waals surface area contributed by atoms with E-state index < -0.39 is 20.6 Å². The van der Waals surface area contributed by atoms with Crippen molar-refractivity contribution < 1.29 is 18.1 Å². The number of para-hydroxylation sites is 1. The number of hydrogen-bond donors (Lipinski definition) is 0. The minimum Gasteiger partial charge on any atom is -0.494 e. The normalized spacial score (nSPS) is 11.0. The van der Waals surface area contributed by atoms with Crippen LogP contribution >= 0.6 is 0 Å². The van der Waals surface area contributed by atoms with Crippen molar-refractivity contribution in [2.24, 2.45) is 0 Å². The molecule has 0 aliphatic carbocycles. The Bertz CT molecular complexity index is 820. The van der Waals surface area contributed by atoms with Gasteiger partial charge in [0.2, 0.25) is 0 Å². The summed E-state index contributed by atoms with van der Waals surface area (Å²) in [5, 5.41) is 11.1. The SMILES string of the molecule is CCOc1cccc(N(C)S(=O)(=O)c2ccccc2[N+](=O)[O-])c1. The summed E-state index contributed by atoms with van der Waals surface area (Å²) >= 11 is 0. The van der Waals surface area contributed by atoms with Crippen LogP contribution in [0.25, 0.3) is 0 Å². The summed E-state index contributed by atoms with van der Waals surface area (Å²) in [6, 6.07) is 11.8. The standard InChI is InChI=1S/C15H16N2O5S/c1-3-22-13-8-6-7-12(11-13)16(2)23(20,21)15-10-5-4-9-14(15)17(18)19/h4-11H,3H2,1-2H3. The molecule has 0 N–H and O–H groups in total. The van der Waals surface area contributed by atoms with Crippen molar-refractivity contribution in [3.63, 3.8) is 0 Å². The van der Waals surface area contributed by atoms with Crippen LogP contribution in [0, 0.1) is 10.1 Å². The molecule has 0 bridgehead atoms. The highest BCUT2D eigenvalue weighted by Crippen LogP contribution is 2.30. The molecule has 0 heterocycles. The van der Waals surface area contributed by atoms with Gasteiger partial charge in [0.15, 0.2) is 4.90 Å². The zero-order valence-electron chi connectivity index (χ0n) is 12.7. The number of benzene rings is 2. The van der Waals surface area contributed by atoms with E-state index in [9.17, 15) is 18.5 Å². The molecule has 8 heteroatoms. The molecule has 122 valence electrons. The van der Waals surface area contributed by atoms with E-state index in [2.05, 4.69) is 0 Å². The van der Waals surface area contributed by atoms with Crippen molar-refractivity contribution in [3.8, 4) is 5.75 Å². The van der Waals surface area contributed by atoms with Gasteiger partial charge in [-0.1, -0.05) is 18.2 Å². The van der Waals surface area contributed by atoms with Crippen LogP contribution in [0.2, 0.25) is 0 Å². The average molecular weight is 336 g/mol. The number of nitro benzene ring substituents is 1. The van der Waals surface area contributed by atoms with Crippen LogP contribution in [-0.4, -0.2) is 27.0 Å². The maximum absolute atomic E-state index is 12.7. The first-order valence-electron chi connectivity index (χ1n) is 6.83. The molecule has 2 aromatic carbocycles. The van der Waals surface area contributed by atoms with Crippen LogP contribution in [0.4, 0.5) is 11.4 Å². The van der Waals surface area contributed by atoms with Gasteiger partial charge in [-0.05, 0) is 25.1 Å². The third-order valence-corrected chi connectivity index (χ3v) is 5.03. The van der Waals surface area contributed by atoms with E-state index in [4.69, 9.17) is 4.74 Å². The summed E-state index contributed by atoms with van der Waals surface area (Å²) in [7, 11) is -2.72. The number of ether oxygens (including phenoxy) is 1. The predicted molar refractivity (Wildman–Crippen MR) is 86.3 cm³/mol. The number of nitrogens with zero attached hydrogens (tertiary/aromatic N) is 2. The van der Waals surface area contributed by atoms with Gasteiger partial charge in [-0.15, -0.1) is 0 Å². The molecule has 23 heavy (non-hydrogen) atoms. The quantitative estimate of drug-likeness (QED) is 0.597. The Morgan fingerprint density at radius 1 is 1.17 bits per heavy atom. The van der Waals surface area contributed by atoms with Crippen LogP contribution in [0.1, 0.15) is 6.92 Å². The van der Waals surface area contributed by atoms with Crippen molar-refractivity contribution in [2.45, 2.75) is 11.8 Å². The maximum Gasteiger partial charge on any atom is 0.289 e.